The van der Waals surface area contributed by atoms with Gasteiger partial charge in [-0.1, -0.05) is 69.2 Å². The highest BCUT2D eigenvalue weighted by atomic mass is 16.3. The van der Waals surface area contributed by atoms with E-state index in [1.165, 1.54) is 18.4 Å². The molecular weight excluding hydrogens is 424 g/mol. The number of rotatable bonds is 13. The highest BCUT2D eigenvalue weighted by Gasteiger charge is 2.23. The standard InChI is InChI=1S/C29H36N2O3/c1-3-5-7-11-24-15-17-26(18-16-24)29(33)30(19-4-2)23-28(32)31(22-27-14-10-20-34-27)21-25-12-8-6-9-13-25/h6,8-10,12-18,20H,3-5,7,11,19,21-23H2,1-2H3. The minimum Gasteiger partial charge on any atom is -0.467 e. The minimum atomic E-state index is -0.104. The summed E-state index contributed by atoms with van der Waals surface area (Å²) in [5, 5.41) is 0. The molecule has 1 aromatic heterocycles. The molecule has 0 fully saturated rings. The zero-order chi connectivity index (χ0) is 24.2. The Bertz CT molecular complexity index is 998. The molecule has 0 aliphatic heterocycles. The summed E-state index contributed by atoms with van der Waals surface area (Å²) in [5.74, 6) is 0.516. The van der Waals surface area contributed by atoms with Gasteiger partial charge in [0.05, 0.1) is 12.8 Å². The van der Waals surface area contributed by atoms with Crippen molar-refractivity contribution in [2.45, 2.75) is 59.0 Å². The Morgan fingerprint density at radius 1 is 0.765 bits per heavy atom. The first-order valence-electron chi connectivity index (χ1n) is 12.3. The van der Waals surface area contributed by atoms with Gasteiger partial charge >= 0.3 is 0 Å². The molecule has 5 nitrogen and oxygen atoms in total. The molecule has 0 aliphatic carbocycles. The van der Waals surface area contributed by atoms with Crippen molar-refractivity contribution in [3.63, 3.8) is 0 Å². The van der Waals surface area contributed by atoms with Gasteiger partial charge in [-0.05, 0) is 54.7 Å². The molecule has 0 aliphatic rings. The first kappa shape index (κ1) is 25.3. The minimum absolute atomic E-state index is 0.0401. The van der Waals surface area contributed by atoms with Crippen molar-refractivity contribution in [1.82, 2.24) is 9.80 Å². The quantitative estimate of drug-likeness (QED) is 0.290. The van der Waals surface area contributed by atoms with Crippen LogP contribution < -0.4 is 0 Å². The first-order chi connectivity index (χ1) is 16.6. The van der Waals surface area contributed by atoms with Crippen LogP contribution in [0.15, 0.2) is 77.4 Å². The van der Waals surface area contributed by atoms with Crippen LogP contribution in [0.25, 0.3) is 0 Å². The fourth-order valence-electron chi connectivity index (χ4n) is 3.99. The van der Waals surface area contributed by atoms with Gasteiger partial charge in [0, 0.05) is 18.7 Å². The maximum Gasteiger partial charge on any atom is 0.254 e. The molecule has 0 radical (unpaired) electrons. The molecule has 34 heavy (non-hydrogen) atoms. The Hall–Kier alpha value is -3.34. The molecule has 2 aromatic carbocycles. The molecule has 0 saturated heterocycles. The molecule has 0 unspecified atom stereocenters. The van der Waals surface area contributed by atoms with Crippen LogP contribution in [0, 0.1) is 0 Å². The number of carbonyl (C=O) groups is 2. The molecule has 0 bridgehead atoms. The number of nitrogens with zero attached hydrogens (tertiary/aromatic N) is 2. The fraction of sp³-hybridized carbons (Fsp3) is 0.379. The van der Waals surface area contributed by atoms with Gasteiger partial charge in [-0.3, -0.25) is 9.59 Å². The van der Waals surface area contributed by atoms with E-state index in [0.29, 0.717) is 25.2 Å². The fourth-order valence-corrected chi connectivity index (χ4v) is 3.99. The van der Waals surface area contributed by atoms with E-state index in [1.807, 2.05) is 73.7 Å². The number of benzene rings is 2. The van der Waals surface area contributed by atoms with Crippen LogP contribution in [0.2, 0.25) is 0 Å². The highest BCUT2D eigenvalue weighted by molar-refractivity contribution is 5.96. The second-order valence-electron chi connectivity index (χ2n) is 8.70. The van der Waals surface area contributed by atoms with Gasteiger partial charge in [0.25, 0.3) is 5.91 Å². The number of carbonyl (C=O) groups excluding carboxylic acids is 2. The lowest BCUT2D eigenvalue weighted by atomic mass is 10.0. The highest BCUT2D eigenvalue weighted by Crippen LogP contribution is 2.14. The summed E-state index contributed by atoms with van der Waals surface area (Å²) >= 11 is 0. The third-order valence-corrected chi connectivity index (χ3v) is 5.87. The van der Waals surface area contributed by atoms with Crippen molar-refractivity contribution in [3.05, 3.63) is 95.4 Å². The average molecular weight is 461 g/mol. The first-order valence-corrected chi connectivity index (χ1v) is 12.3. The molecule has 1 heterocycles. The van der Waals surface area contributed by atoms with Crippen LogP contribution in [-0.2, 0) is 24.3 Å². The second kappa shape index (κ2) is 13.4. The number of amides is 2. The van der Waals surface area contributed by atoms with Crippen LogP contribution >= 0.6 is 0 Å². The molecular formula is C29H36N2O3. The Morgan fingerprint density at radius 3 is 2.18 bits per heavy atom. The molecule has 3 rings (SSSR count). The molecule has 0 saturated carbocycles. The van der Waals surface area contributed by atoms with Gasteiger partial charge in [-0.15, -0.1) is 0 Å². The Kier molecular flexibility index (Phi) is 9.96. The van der Waals surface area contributed by atoms with E-state index in [0.717, 1.165) is 30.6 Å². The normalized spacial score (nSPS) is 10.8. The lowest BCUT2D eigenvalue weighted by molar-refractivity contribution is -0.133. The average Bonchev–Trinajstić information content (AvgIpc) is 3.37. The molecule has 3 aromatic rings. The molecule has 5 heteroatoms. The molecule has 0 spiro atoms. The molecule has 0 atom stereocenters. The van der Waals surface area contributed by atoms with E-state index in [4.69, 9.17) is 4.42 Å². The van der Waals surface area contributed by atoms with Crippen LogP contribution in [0.1, 0.15) is 66.8 Å². The van der Waals surface area contributed by atoms with Crippen molar-refractivity contribution in [3.8, 4) is 0 Å². The SMILES string of the molecule is CCCCCc1ccc(C(=O)N(CCC)CC(=O)N(Cc2ccccc2)Cc2ccco2)cc1. The van der Waals surface area contributed by atoms with Crippen molar-refractivity contribution in [2.75, 3.05) is 13.1 Å². The predicted octanol–water partition coefficient (Wildman–Crippen LogP) is 6.09. The summed E-state index contributed by atoms with van der Waals surface area (Å²) < 4.78 is 5.49. The van der Waals surface area contributed by atoms with Crippen LogP contribution in [0.5, 0.6) is 0 Å². The number of furan rings is 1. The lowest BCUT2D eigenvalue weighted by Gasteiger charge is -2.27. The van der Waals surface area contributed by atoms with Gasteiger partial charge in [0.15, 0.2) is 0 Å². The van der Waals surface area contributed by atoms with Crippen LogP contribution in [0.3, 0.4) is 0 Å². The maximum atomic E-state index is 13.4. The van der Waals surface area contributed by atoms with Crippen LogP contribution in [0.4, 0.5) is 0 Å². The van der Waals surface area contributed by atoms with Crippen molar-refractivity contribution < 1.29 is 14.0 Å². The van der Waals surface area contributed by atoms with Crippen molar-refractivity contribution in [1.29, 1.82) is 0 Å². The van der Waals surface area contributed by atoms with Crippen molar-refractivity contribution in [2.24, 2.45) is 0 Å². The van der Waals surface area contributed by atoms with E-state index in [1.54, 1.807) is 16.1 Å². The topological polar surface area (TPSA) is 53.8 Å². The Morgan fingerprint density at radius 2 is 1.53 bits per heavy atom. The monoisotopic (exact) mass is 460 g/mol. The number of hydrogen-bond acceptors (Lipinski definition) is 3. The van der Waals surface area contributed by atoms with Crippen LogP contribution in [-0.4, -0.2) is 34.7 Å². The Labute approximate surface area is 203 Å². The van der Waals surface area contributed by atoms with Gasteiger partial charge in [0.2, 0.25) is 5.91 Å². The third-order valence-electron chi connectivity index (χ3n) is 5.87. The summed E-state index contributed by atoms with van der Waals surface area (Å²) in [6.07, 6.45) is 6.99. The summed E-state index contributed by atoms with van der Waals surface area (Å²) in [6.45, 7) is 5.61. The van der Waals surface area contributed by atoms with E-state index in [-0.39, 0.29) is 18.4 Å². The smallest absolute Gasteiger partial charge is 0.254 e. The zero-order valence-electron chi connectivity index (χ0n) is 20.4. The van der Waals surface area contributed by atoms with Gasteiger partial charge in [0.1, 0.15) is 12.3 Å². The number of aryl methyl sites for hydroxylation is 1. The molecule has 2 amide bonds. The van der Waals surface area contributed by atoms with E-state index in [2.05, 4.69) is 6.92 Å². The summed E-state index contributed by atoms with van der Waals surface area (Å²) in [6, 6.07) is 21.4. The number of hydrogen-bond donors (Lipinski definition) is 0. The third kappa shape index (κ3) is 7.62. The summed E-state index contributed by atoms with van der Waals surface area (Å²) in [5.41, 5.74) is 2.91. The van der Waals surface area contributed by atoms with Gasteiger partial charge in [-0.2, -0.15) is 0 Å². The largest absolute Gasteiger partial charge is 0.467 e. The van der Waals surface area contributed by atoms with Gasteiger partial charge in [-0.25, -0.2) is 0 Å². The summed E-state index contributed by atoms with van der Waals surface area (Å²) in [4.78, 5) is 30.1. The zero-order valence-corrected chi connectivity index (χ0v) is 20.4. The maximum absolute atomic E-state index is 13.4. The van der Waals surface area contributed by atoms with Gasteiger partial charge < -0.3 is 14.2 Å². The number of unbranched alkanes of at least 4 members (excludes halogenated alkanes) is 2. The second-order valence-corrected chi connectivity index (χ2v) is 8.70. The van der Waals surface area contributed by atoms with Crippen molar-refractivity contribution >= 4 is 11.8 Å². The Balaban J connectivity index is 1.70. The van der Waals surface area contributed by atoms with E-state index < -0.39 is 0 Å². The molecule has 180 valence electrons. The van der Waals surface area contributed by atoms with E-state index in [9.17, 15) is 9.59 Å². The van der Waals surface area contributed by atoms with E-state index >= 15 is 0 Å². The molecule has 0 N–H and O–H groups in total. The summed E-state index contributed by atoms with van der Waals surface area (Å²) in [7, 11) is 0. The predicted molar refractivity (Wildman–Crippen MR) is 135 cm³/mol. The lowest BCUT2D eigenvalue weighted by Crippen LogP contribution is -2.42.